The zero-order chi connectivity index (χ0) is 27.9. The van der Waals surface area contributed by atoms with E-state index >= 15 is 0 Å². The average Bonchev–Trinajstić information content (AvgIpc) is 2.91. The first-order chi connectivity index (χ1) is 18.6. The summed E-state index contributed by atoms with van der Waals surface area (Å²) in [6, 6.07) is 0. The summed E-state index contributed by atoms with van der Waals surface area (Å²) in [6.45, 7) is 5.91. The van der Waals surface area contributed by atoms with Crippen molar-refractivity contribution >= 4 is 11.9 Å². The Morgan fingerprint density at radius 2 is 1.05 bits per heavy atom. The molecule has 0 heterocycles. The second kappa shape index (κ2) is 30.0. The van der Waals surface area contributed by atoms with Gasteiger partial charge in [-0.2, -0.15) is 0 Å². The summed E-state index contributed by atoms with van der Waals surface area (Å²) in [4.78, 5) is 23.0. The molecule has 0 bridgehead atoms. The number of hydrogen-bond acceptors (Lipinski definition) is 3. The Morgan fingerprint density at radius 3 is 1.45 bits per heavy atom. The molecule has 0 saturated heterocycles. The topological polar surface area (TPSA) is 63.6 Å². The Labute approximate surface area is 236 Å². The maximum absolute atomic E-state index is 11.6. The lowest BCUT2D eigenvalue weighted by Gasteiger charge is -2.11. The molecule has 0 aromatic heterocycles. The van der Waals surface area contributed by atoms with Crippen molar-refractivity contribution in [2.24, 2.45) is 5.92 Å². The van der Waals surface area contributed by atoms with Gasteiger partial charge < -0.3 is 9.84 Å². The van der Waals surface area contributed by atoms with Gasteiger partial charge in [0.1, 0.15) is 6.61 Å². The van der Waals surface area contributed by atoms with E-state index in [4.69, 9.17) is 4.74 Å². The monoisotopic (exact) mass is 534 g/mol. The number of esters is 1. The zero-order valence-corrected chi connectivity index (χ0v) is 25.1. The molecule has 0 aliphatic carbocycles. The highest BCUT2D eigenvalue weighted by molar-refractivity contribution is 5.78. The molecule has 4 nitrogen and oxygen atoms in total. The fourth-order valence-corrected chi connectivity index (χ4v) is 4.95. The lowest BCUT2D eigenvalue weighted by atomic mass is 9.97. The molecule has 0 saturated carbocycles. The molecule has 222 valence electrons. The third-order valence-corrected chi connectivity index (χ3v) is 7.44. The average molecular weight is 535 g/mol. The van der Waals surface area contributed by atoms with Gasteiger partial charge in [-0.25, -0.2) is 0 Å². The molecule has 1 unspecified atom stereocenters. The summed E-state index contributed by atoms with van der Waals surface area (Å²) in [5.41, 5.74) is 0. The number of unbranched alkanes of at least 4 members (excludes halogenated alkanes) is 21. The minimum atomic E-state index is -0.901. The summed E-state index contributed by atoms with van der Waals surface area (Å²) in [7, 11) is 0. The molecule has 0 rings (SSSR count). The van der Waals surface area contributed by atoms with Gasteiger partial charge in [-0.1, -0.05) is 154 Å². The Bertz CT molecular complexity index is 569. The molecule has 0 fully saturated rings. The van der Waals surface area contributed by atoms with E-state index in [9.17, 15) is 14.7 Å². The second-order valence-electron chi connectivity index (χ2n) is 11.1. The zero-order valence-electron chi connectivity index (χ0n) is 25.1. The number of carboxylic acid groups (broad SMARTS) is 1. The van der Waals surface area contributed by atoms with Crippen LogP contribution in [-0.4, -0.2) is 23.7 Å². The van der Waals surface area contributed by atoms with E-state index in [0.29, 0.717) is 6.42 Å². The number of carbonyl (C=O) groups excluding carboxylic acids is 1. The summed E-state index contributed by atoms with van der Waals surface area (Å²) >= 11 is 0. The molecule has 4 heteroatoms. The van der Waals surface area contributed by atoms with Crippen LogP contribution in [0.1, 0.15) is 167 Å². The van der Waals surface area contributed by atoms with Crippen LogP contribution in [0.5, 0.6) is 0 Å². The summed E-state index contributed by atoms with van der Waals surface area (Å²) in [6.07, 6.45) is 37.1. The van der Waals surface area contributed by atoms with E-state index < -0.39 is 17.9 Å². The largest absolute Gasteiger partial charge is 0.481 e. The van der Waals surface area contributed by atoms with Gasteiger partial charge in [-0.15, -0.1) is 0 Å². The Morgan fingerprint density at radius 1 is 0.658 bits per heavy atom. The fourth-order valence-electron chi connectivity index (χ4n) is 4.95. The van der Waals surface area contributed by atoms with Crippen LogP contribution in [0.4, 0.5) is 0 Å². The highest BCUT2D eigenvalue weighted by Crippen LogP contribution is 2.18. The molecule has 0 aliphatic rings. The molecule has 0 amide bonds. The lowest BCUT2D eigenvalue weighted by Crippen LogP contribution is -2.19. The van der Waals surface area contributed by atoms with E-state index in [0.717, 1.165) is 19.3 Å². The van der Waals surface area contributed by atoms with E-state index in [1.54, 1.807) is 0 Å². The third-order valence-electron chi connectivity index (χ3n) is 7.44. The van der Waals surface area contributed by atoms with Crippen LogP contribution in [0, 0.1) is 5.92 Å². The predicted molar refractivity (Wildman–Crippen MR) is 163 cm³/mol. The fraction of sp³-hybridized carbons (Fsp3) is 0.824. The van der Waals surface area contributed by atoms with Gasteiger partial charge >= 0.3 is 11.9 Å². The molecular weight excluding hydrogens is 472 g/mol. The molecule has 38 heavy (non-hydrogen) atoms. The quantitative estimate of drug-likeness (QED) is 0.0565. The smallest absolute Gasteiger partial charge is 0.307 e. The number of aliphatic carboxylic acids is 1. The van der Waals surface area contributed by atoms with Crippen molar-refractivity contribution in [1.82, 2.24) is 0 Å². The Kier molecular flexibility index (Phi) is 28.7. The molecule has 0 aromatic carbocycles. The number of carboxylic acids is 1. The van der Waals surface area contributed by atoms with Gasteiger partial charge in [0, 0.05) is 0 Å². The van der Waals surface area contributed by atoms with Gasteiger partial charge in [-0.05, 0) is 32.1 Å². The van der Waals surface area contributed by atoms with Gasteiger partial charge in [0.2, 0.25) is 0 Å². The van der Waals surface area contributed by atoms with E-state index in [2.05, 4.69) is 25.7 Å². The SMILES string of the molecule is C=CCOC(=O)CC(CCCCCCCCCCCCCCCC/C=C/CCCCCCCCC)C(=O)O. The minimum Gasteiger partial charge on any atom is -0.481 e. The molecule has 0 aliphatic heterocycles. The molecule has 1 atom stereocenters. The van der Waals surface area contributed by atoms with Crippen molar-refractivity contribution in [2.45, 2.75) is 167 Å². The van der Waals surface area contributed by atoms with Crippen LogP contribution in [0.2, 0.25) is 0 Å². The van der Waals surface area contributed by atoms with Gasteiger partial charge in [0.15, 0.2) is 0 Å². The highest BCUT2D eigenvalue weighted by atomic mass is 16.5. The van der Waals surface area contributed by atoms with Crippen LogP contribution < -0.4 is 0 Å². The molecule has 0 spiro atoms. The van der Waals surface area contributed by atoms with Gasteiger partial charge in [-0.3, -0.25) is 9.59 Å². The first kappa shape index (κ1) is 36.4. The van der Waals surface area contributed by atoms with Crippen molar-refractivity contribution < 1.29 is 19.4 Å². The number of ether oxygens (including phenoxy) is 1. The van der Waals surface area contributed by atoms with Crippen LogP contribution >= 0.6 is 0 Å². The lowest BCUT2D eigenvalue weighted by molar-refractivity contribution is -0.151. The van der Waals surface area contributed by atoms with Crippen LogP contribution in [0.25, 0.3) is 0 Å². The normalized spacial score (nSPS) is 12.1. The maximum Gasteiger partial charge on any atom is 0.307 e. The predicted octanol–water partition coefficient (Wildman–Crippen LogP) is 10.7. The molecule has 0 radical (unpaired) electrons. The number of allylic oxidation sites excluding steroid dienone is 2. The van der Waals surface area contributed by atoms with Crippen molar-refractivity contribution in [3.8, 4) is 0 Å². The second-order valence-corrected chi connectivity index (χ2v) is 11.1. The standard InChI is InChI=1S/C34H62O4/c1-3-5-6-7-8-9-10-11-12-13-14-15-16-17-18-19-20-21-22-23-24-25-26-27-28-29-32(34(36)37)31-33(35)38-30-4-2/h4,12-13,32H,2-3,5-11,14-31H2,1H3,(H,36,37)/b13-12+. The van der Waals surface area contributed by atoms with E-state index in [1.165, 1.54) is 134 Å². The van der Waals surface area contributed by atoms with Crippen LogP contribution in [0.15, 0.2) is 24.8 Å². The summed E-state index contributed by atoms with van der Waals surface area (Å²) in [5, 5.41) is 9.31. The molecular formula is C34H62O4. The van der Waals surface area contributed by atoms with E-state index in [1.807, 2.05) is 0 Å². The number of carbonyl (C=O) groups is 2. The molecule has 0 aromatic rings. The van der Waals surface area contributed by atoms with Crippen LogP contribution in [-0.2, 0) is 14.3 Å². The van der Waals surface area contributed by atoms with Gasteiger partial charge in [0.05, 0.1) is 12.3 Å². The van der Waals surface area contributed by atoms with Crippen molar-refractivity contribution in [1.29, 1.82) is 0 Å². The first-order valence-corrected chi connectivity index (χ1v) is 16.3. The Hall–Kier alpha value is -1.58. The molecule has 1 N–H and O–H groups in total. The van der Waals surface area contributed by atoms with Crippen molar-refractivity contribution in [3.63, 3.8) is 0 Å². The van der Waals surface area contributed by atoms with Crippen molar-refractivity contribution in [3.05, 3.63) is 24.8 Å². The third kappa shape index (κ3) is 27.5. The number of hydrogen-bond donors (Lipinski definition) is 1. The minimum absolute atomic E-state index is 0.0417. The Balaban J connectivity index is 3.33. The number of rotatable bonds is 30. The van der Waals surface area contributed by atoms with Crippen LogP contribution in [0.3, 0.4) is 0 Å². The van der Waals surface area contributed by atoms with E-state index in [-0.39, 0.29) is 13.0 Å². The van der Waals surface area contributed by atoms with Gasteiger partial charge in [0.25, 0.3) is 0 Å². The summed E-state index contributed by atoms with van der Waals surface area (Å²) < 4.78 is 4.91. The maximum atomic E-state index is 11.6. The summed E-state index contributed by atoms with van der Waals surface area (Å²) in [5.74, 6) is -1.98. The highest BCUT2D eigenvalue weighted by Gasteiger charge is 2.21. The first-order valence-electron chi connectivity index (χ1n) is 16.3. The van der Waals surface area contributed by atoms with Crippen molar-refractivity contribution in [2.75, 3.05) is 6.61 Å².